The summed E-state index contributed by atoms with van der Waals surface area (Å²) in [6, 6.07) is 0. The average Bonchev–Trinajstić information content (AvgIpc) is 3.33. The van der Waals surface area contributed by atoms with E-state index < -0.39 is 0 Å². The van der Waals surface area contributed by atoms with E-state index in [2.05, 4.69) is 47.8 Å². The second-order valence-corrected chi connectivity index (χ2v) is 9.09. The first-order chi connectivity index (χ1) is 14.8. The smallest absolute Gasteiger partial charge is 0.165 e. The van der Waals surface area contributed by atoms with E-state index in [1.165, 1.54) is 6.33 Å². The first-order valence-corrected chi connectivity index (χ1v) is 10.6. The van der Waals surface area contributed by atoms with Gasteiger partial charge in [0.2, 0.25) is 0 Å². The summed E-state index contributed by atoms with van der Waals surface area (Å²) < 4.78 is 7.71. The monoisotopic (exact) mass is 418 g/mol. The van der Waals surface area contributed by atoms with Gasteiger partial charge in [-0.25, -0.2) is 24.6 Å². The molecule has 0 aliphatic heterocycles. The lowest BCUT2D eigenvalue weighted by molar-refractivity contribution is 0.365. The van der Waals surface area contributed by atoms with Gasteiger partial charge in [-0.05, 0) is 52.5 Å². The molecule has 31 heavy (non-hydrogen) atoms. The van der Waals surface area contributed by atoms with Crippen LogP contribution in [0.1, 0.15) is 63.5 Å². The summed E-state index contributed by atoms with van der Waals surface area (Å²) in [6.45, 7) is 10.3. The molecule has 1 fully saturated rings. The number of fused-ring (bicyclic) bond motifs is 1. The fourth-order valence-electron chi connectivity index (χ4n) is 3.87. The second kappa shape index (κ2) is 6.83. The summed E-state index contributed by atoms with van der Waals surface area (Å²) in [4.78, 5) is 18.1. The van der Waals surface area contributed by atoms with Gasteiger partial charge < -0.3 is 10.3 Å². The van der Waals surface area contributed by atoms with Crippen molar-refractivity contribution in [1.82, 2.24) is 34.9 Å². The molecule has 0 bridgehead atoms. The SMILES string of the molecule is CCc1cnc(-c2c(-c3nn(C(C)(C)C)c4ncnc(N)c34)noc2C2CC2)nc1C. The van der Waals surface area contributed by atoms with Crippen LogP contribution in [-0.2, 0) is 12.0 Å². The summed E-state index contributed by atoms with van der Waals surface area (Å²) in [5.74, 6) is 2.10. The minimum atomic E-state index is -0.309. The topological polar surface area (TPSA) is 121 Å². The van der Waals surface area contributed by atoms with E-state index in [0.717, 1.165) is 41.8 Å². The normalized spacial score (nSPS) is 14.5. The maximum atomic E-state index is 6.29. The van der Waals surface area contributed by atoms with Crippen molar-refractivity contribution >= 4 is 16.9 Å². The number of hydrogen-bond acceptors (Lipinski definition) is 8. The Kier molecular flexibility index (Phi) is 4.32. The van der Waals surface area contributed by atoms with Crippen LogP contribution < -0.4 is 5.73 Å². The summed E-state index contributed by atoms with van der Waals surface area (Å²) >= 11 is 0. The van der Waals surface area contributed by atoms with Crippen molar-refractivity contribution in [2.24, 2.45) is 0 Å². The molecule has 2 N–H and O–H groups in total. The molecule has 1 saturated carbocycles. The van der Waals surface area contributed by atoms with Crippen molar-refractivity contribution in [3.05, 3.63) is 29.5 Å². The lowest BCUT2D eigenvalue weighted by atomic mass is 10.1. The third kappa shape index (κ3) is 3.15. The van der Waals surface area contributed by atoms with Crippen LogP contribution in [0.5, 0.6) is 0 Å². The van der Waals surface area contributed by atoms with E-state index >= 15 is 0 Å². The van der Waals surface area contributed by atoms with Crippen molar-refractivity contribution in [2.75, 3.05) is 5.73 Å². The lowest BCUT2D eigenvalue weighted by Crippen LogP contribution is -2.23. The molecule has 0 spiro atoms. The molecule has 9 heteroatoms. The maximum Gasteiger partial charge on any atom is 0.165 e. The number of rotatable bonds is 4. The zero-order valence-electron chi connectivity index (χ0n) is 18.5. The minimum Gasteiger partial charge on any atom is -0.383 e. The highest BCUT2D eigenvalue weighted by atomic mass is 16.5. The Bertz CT molecular complexity index is 1290. The quantitative estimate of drug-likeness (QED) is 0.527. The molecule has 0 aromatic carbocycles. The first kappa shape index (κ1) is 19.6. The van der Waals surface area contributed by atoms with Gasteiger partial charge in [0, 0.05) is 17.8 Å². The van der Waals surface area contributed by atoms with E-state index in [-0.39, 0.29) is 5.54 Å². The van der Waals surface area contributed by atoms with Crippen LogP contribution in [0.4, 0.5) is 5.82 Å². The maximum absolute atomic E-state index is 6.29. The Labute approximate surface area is 180 Å². The highest BCUT2D eigenvalue weighted by Gasteiger charge is 2.36. The van der Waals surface area contributed by atoms with Gasteiger partial charge in [0.25, 0.3) is 0 Å². The summed E-state index contributed by atoms with van der Waals surface area (Å²) in [7, 11) is 0. The number of hydrogen-bond donors (Lipinski definition) is 1. The minimum absolute atomic E-state index is 0.309. The standard InChI is InChI=1S/C22H26N8O/c1-6-12-9-24-20(27-11(12)2)14-17(29-31-18(14)13-7-8-13)16-15-19(23)25-10-26-21(15)30(28-16)22(3,4)5/h9-10,13H,6-8H2,1-5H3,(H2,23,25,26). The highest BCUT2D eigenvalue weighted by molar-refractivity contribution is 6.00. The van der Waals surface area contributed by atoms with Gasteiger partial charge in [0.15, 0.2) is 17.2 Å². The third-order valence-electron chi connectivity index (χ3n) is 5.71. The van der Waals surface area contributed by atoms with Crippen LogP contribution >= 0.6 is 0 Å². The Morgan fingerprint density at radius 2 is 1.94 bits per heavy atom. The number of nitrogens with two attached hydrogens (primary N) is 1. The van der Waals surface area contributed by atoms with Crippen LogP contribution in [0, 0.1) is 6.92 Å². The lowest BCUT2D eigenvalue weighted by Gasteiger charge is -2.19. The molecule has 160 valence electrons. The van der Waals surface area contributed by atoms with Crippen LogP contribution in [0.25, 0.3) is 33.8 Å². The molecule has 0 unspecified atom stereocenters. The van der Waals surface area contributed by atoms with Gasteiger partial charge in [-0.3, -0.25) is 0 Å². The molecule has 4 aromatic heterocycles. The summed E-state index contributed by atoms with van der Waals surface area (Å²) in [5.41, 5.74) is 10.7. The number of nitrogens with zero attached hydrogens (tertiary/aromatic N) is 7. The van der Waals surface area contributed by atoms with E-state index in [4.69, 9.17) is 20.3 Å². The second-order valence-electron chi connectivity index (χ2n) is 9.09. The molecule has 0 atom stereocenters. The third-order valence-corrected chi connectivity index (χ3v) is 5.71. The fraction of sp³-hybridized carbons (Fsp3) is 0.455. The van der Waals surface area contributed by atoms with Gasteiger partial charge in [-0.1, -0.05) is 12.1 Å². The van der Waals surface area contributed by atoms with Crippen molar-refractivity contribution in [3.8, 4) is 22.8 Å². The number of aromatic nitrogens is 7. The van der Waals surface area contributed by atoms with E-state index in [0.29, 0.717) is 40.0 Å². The number of aryl methyl sites for hydroxylation is 2. The van der Waals surface area contributed by atoms with Gasteiger partial charge in [0.1, 0.15) is 23.5 Å². The molecule has 1 aliphatic rings. The van der Waals surface area contributed by atoms with Crippen LogP contribution in [-0.4, -0.2) is 34.9 Å². The van der Waals surface area contributed by atoms with E-state index in [1.807, 2.05) is 17.8 Å². The predicted octanol–water partition coefficient (Wildman–Crippen LogP) is 4.02. The number of anilines is 1. The van der Waals surface area contributed by atoms with Crippen molar-refractivity contribution in [2.45, 2.75) is 65.3 Å². The zero-order valence-corrected chi connectivity index (χ0v) is 18.5. The molecule has 1 aliphatic carbocycles. The van der Waals surface area contributed by atoms with E-state index in [1.54, 1.807) is 0 Å². The van der Waals surface area contributed by atoms with Crippen molar-refractivity contribution in [3.63, 3.8) is 0 Å². The van der Waals surface area contributed by atoms with Crippen molar-refractivity contribution < 1.29 is 4.52 Å². The van der Waals surface area contributed by atoms with Gasteiger partial charge in [-0.15, -0.1) is 0 Å². The molecule has 4 aromatic rings. The summed E-state index contributed by atoms with van der Waals surface area (Å²) in [6.07, 6.45) is 6.36. The predicted molar refractivity (Wildman–Crippen MR) is 117 cm³/mol. The van der Waals surface area contributed by atoms with Crippen LogP contribution in [0.2, 0.25) is 0 Å². The van der Waals surface area contributed by atoms with Crippen LogP contribution in [0.15, 0.2) is 17.0 Å². The Morgan fingerprint density at radius 3 is 2.58 bits per heavy atom. The molecule has 4 heterocycles. The zero-order chi connectivity index (χ0) is 21.9. The Morgan fingerprint density at radius 1 is 1.16 bits per heavy atom. The molecule has 0 radical (unpaired) electrons. The molecule has 5 rings (SSSR count). The number of nitrogen functional groups attached to an aromatic ring is 1. The van der Waals surface area contributed by atoms with E-state index in [9.17, 15) is 0 Å². The first-order valence-electron chi connectivity index (χ1n) is 10.6. The highest BCUT2D eigenvalue weighted by Crippen LogP contribution is 2.48. The molecule has 0 saturated heterocycles. The Hall–Kier alpha value is -3.36. The molecule has 9 nitrogen and oxygen atoms in total. The van der Waals surface area contributed by atoms with Crippen molar-refractivity contribution in [1.29, 1.82) is 0 Å². The van der Waals surface area contributed by atoms with Gasteiger partial charge >= 0.3 is 0 Å². The van der Waals surface area contributed by atoms with Gasteiger partial charge in [-0.2, -0.15) is 5.10 Å². The summed E-state index contributed by atoms with van der Waals surface area (Å²) in [5, 5.41) is 9.99. The molecular formula is C22H26N8O. The largest absolute Gasteiger partial charge is 0.383 e. The average molecular weight is 419 g/mol. The molecule has 0 amide bonds. The van der Waals surface area contributed by atoms with Crippen LogP contribution in [0.3, 0.4) is 0 Å². The van der Waals surface area contributed by atoms with Gasteiger partial charge in [0.05, 0.1) is 16.5 Å². The Balaban J connectivity index is 1.80. The molecular weight excluding hydrogens is 392 g/mol. The fourth-order valence-corrected chi connectivity index (χ4v) is 3.87.